The molecule has 0 radical (unpaired) electrons. The minimum atomic E-state index is -3.55. The van der Waals surface area contributed by atoms with Crippen molar-refractivity contribution in [3.63, 3.8) is 0 Å². The van der Waals surface area contributed by atoms with E-state index >= 15 is 0 Å². The monoisotopic (exact) mass is 319 g/mol. The minimum Gasteiger partial charge on any atom is -0.398 e. The summed E-state index contributed by atoms with van der Waals surface area (Å²) >= 11 is 5.84. The number of anilines is 1. The summed E-state index contributed by atoms with van der Waals surface area (Å²) in [6.45, 7) is 4.06. The number of nitrogens with zero attached hydrogens (tertiary/aromatic N) is 1. The predicted octanol–water partition coefficient (Wildman–Crippen LogP) is 0.533. The summed E-state index contributed by atoms with van der Waals surface area (Å²) in [5.41, 5.74) is 5.92. The summed E-state index contributed by atoms with van der Waals surface area (Å²) in [5.74, 6) is 0. The van der Waals surface area contributed by atoms with Gasteiger partial charge < -0.3 is 10.5 Å². The molecule has 0 aliphatic carbocycles. The molecule has 0 unspecified atom stereocenters. The maximum absolute atomic E-state index is 12.1. The van der Waals surface area contributed by atoms with E-state index in [1.807, 2.05) is 0 Å². The molecule has 3 N–H and O–H groups in total. The Morgan fingerprint density at radius 1 is 1.35 bits per heavy atom. The number of nitrogen functional groups attached to an aromatic ring is 1. The van der Waals surface area contributed by atoms with E-state index in [0.29, 0.717) is 32.0 Å². The molecule has 0 atom stereocenters. The zero-order chi connectivity index (χ0) is 14.6. The van der Waals surface area contributed by atoms with Gasteiger partial charge in [0, 0.05) is 26.2 Å². The van der Waals surface area contributed by atoms with Crippen molar-refractivity contribution < 1.29 is 13.2 Å². The summed E-state index contributed by atoms with van der Waals surface area (Å²) in [5, 5.41) is 0.237. The van der Waals surface area contributed by atoms with Gasteiger partial charge in [0.25, 0.3) is 0 Å². The molecule has 1 aliphatic rings. The van der Waals surface area contributed by atoms with E-state index in [-0.39, 0.29) is 9.92 Å². The fourth-order valence-corrected chi connectivity index (χ4v) is 3.21. The van der Waals surface area contributed by atoms with Crippen LogP contribution in [0.3, 0.4) is 0 Å². The number of ether oxygens (including phenoxy) is 1. The molecule has 1 fully saturated rings. The van der Waals surface area contributed by atoms with Gasteiger partial charge in [-0.3, -0.25) is 4.90 Å². The maximum atomic E-state index is 12.1. The highest BCUT2D eigenvalue weighted by Crippen LogP contribution is 2.22. The highest BCUT2D eigenvalue weighted by atomic mass is 35.5. The molecule has 8 heteroatoms. The fourth-order valence-electron chi connectivity index (χ4n) is 1.92. The van der Waals surface area contributed by atoms with Crippen LogP contribution in [-0.4, -0.2) is 52.7 Å². The molecule has 112 valence electrons. The average molecular weight is 320 g/mol. The first-order chi connectivity index (χ1) is 9.49. The molecule has 0 amide bonds. The van der Waals surface area contributed by atoms with E-state index < -0.39 is 10.0 Å². The van der Waals surface area contributed by atoms with Crippen LogP contribution in [0.25, 0.3) is 0 Å². The molecule has 6 nitrogen and oxygen atoms in total. The first-order valence-corrected chi connectivity index (χ1v) is 8.20. The van der Waals surface area contributed by atoms with Crippen molar-refractivity contribution in [2.75, 3.05) is 45.1 Å². The Kier molecular flexibility index (Phi) is 5.22. The van der Waals surface area contributed by atoms with Gasteiger partial charge in [0.2, 0.25) is 10.0 Å². The third-order valence-electron chi connectivity index (χ3n) is 3.11. The Morgan fingerprint density at radius 3 is 2.70 bits per heavy atom. The van der Waals surface area contributed by atoms with Crippen LogP contribution in [0.15, 0.2) is 23.1 Å². The predicted molar refractivity (Wildman–Crippen MR) is 78.3 cm³/mol. The molecular formula is C12H18ClN3O3S. The van der Waals surface area contributed by atoms with Crippen molar-refractivity contribution in [2.45, 2.75) is 4.90 Å². The molecule has 1 aromatic rings. The summed E-state index contributed by atoms with van der Waals surface area (Å²) in [7, 11) is -3.55. The number of sulfonamides is 1. The number of hydrogen-bond donors (Lipinski definition) is 2. The highest BCUT2D eigenvalue weighted by Gasteiger charge is 2.16. The molecule has 20 heavy (non-hydrogen) atoms. The number of morpholine rings is 1. The lowest BCUT2D eigenvalue weighted by atomic mass is 10.3. The quantitative estimate of drug-likeness (QED) is 0.774. The van der Waals surface area contributed by atoms with Crippen molar-refractivity contribution >= 4 is 27.3 Å². The van der Waals surface area contributed by atoms with Crippen LogP contribution in [-0.2, 0) is 14.8 Å². The second kappa shape index (κ2) is 6.73. The van der Waals surface area contributed by atoms with Gasteiger partial charge in [0.15, 0.2) is 0 Å². The van der Waals surface area contributed by atoms with Gasteiger partial charge >= 0.3 is 0 Å². The number of halogens is 1. The molecule has 2 rings (SSSR count). The van der Waals surface area contributed by atoms with Crippen LogP contribution >= 0.6 is 11.6 Å². The van der Waals surface area contributed by atoms with Crippen molar-refractivity contribution in [1.29, 1.82) is 0 Å². The summed E-state index contributed by atoms with van der Waals surface area (Å²) in [4.78, 5) is 2.28. The zero-order valence-corrected chi connectivity index (χ0v) is 12.6. The second-order valence-corrected chi connectivity index (χ2v) is 6.71. The third-order valence-corrected chi connectivity index (χ3v) is 4.89. The number of benzene rings is 1. The Balaban J connectivity index is 1.91. The topological polar surface area (TPSA) is 84.7 Å². The van der Waals surface area contributed by atoms with Gasteiger partial charge in [0.1, 0.15) is 0 Å². The van der Waals surface area contributed by atoms with E-state index in [0.717, 1.165) is 13.1 Å². The van der Waals surface area contributed by atoms with Gasteiger partial charge in [-0.15, -0.1) is 0 Å². The third kappa shape index (κ3) is 4.07. The standard InChI is InChI=1S/C12H18ClN3O3S/c13-11-9-10(1-2-12(11)14)20(17,18)15-3-4-16-5-7-19-8-6-16/h1-2,9,15H,3-8,14H2. The molecule has 0 spiro atoms. The van der Waals surface area contributed by atoms with Gasteiger partial charge in [-0.2, -0.15) is 0 Å². The van der Waals surface area contributed by atoms with Crippen molar-refractivity contribution in [3.05, 3.63) is 23.2 Å². The first-order valence-electron chi connectivity index (χ1n) is 6.34. The van der Waals surface area contributed by atoms with E-state index in [1.165, 1.54) is 18.2 Å². The van der Waals surface area contributed by atoms with Crippen molar-refractivity contribution in [2.24, 2.45) is 0 Å². The SMILES string of the molecule is Nc1ccc(S(=O)(=O)NCCN2CCOCC2)cc1Cl. The summed E-state index contributed by atoms with van der Waals surface area (Å²) < 4.78 is 32.0. The zero-order valence-electron chi connectivity index (χ0n) is 11.0. The van der Waals surface area contributed by atoms with Crippen LogP contribution in [0.4, 0.5) is 5.69 Å². The summed E-state index contributed by atoms with van der Waals surface area (Å²) in [6.07, 6.45) is 0. The van der Waals surface area contributed by atoms with Crippen LogP contribution in [0.5, 0.6) is 0 Å². The Morgan fingerprint density at radius 2 is 2.05 bits per heavy atom. The van der Waals surface area contributed by atoms with Crippen LogP contribution in [0, 0.1) is 0 Å². The van der Waals surface area contributed by atoms with E-state index in [2.05, 4.69) is 9.62 Å². The maximum Gasteiger partial charge on any atom is 0.240 e. The van der Waals surface area contributed by atoms with E-state index in [1.54, 1.807) is 0 Å². The molecule has 1 aromatic carbocycles. The highest BCUT2D eigenvalue weighted by molar-refractivity contribution is 7.89. The van der Waals surface area contributed by atoms with Gasteiger partial charge in [-0.25, -0.2) is 13.1 Å². The van der Waals surface area contributed by atoms with Crippen molar-refractivity contribution in [1.82, 2.24) is 9.62 Å². The molecule has 1 aliphatic heterocycles. The second-order valence-electron chi connectivity index (χ2n) is 4.54. The molecule has 0 saturated carbocycles. The number of hydrogen-bond acceptors (Lipinski definition) is 5. The normalized spacial score (nSPS) is 17.2. The van der Waals surface area contributed by atoms with E-state index in [9.17, 15) is 8.42 Å². The smallest absolute Gasteiger partial charge is 0.240 e. The Bertz CT molecular complexity index is 559. The van der Waals surface area contributed by atoms with Gasteiger partial charge in [-0.05, 0) is 18.2 Å². The Hall–Kier alpha value is -0.860. The summed E-state index contributed by atoms with van der Waals surface area (Å²) in [6, 6.07) is 4.28. The van der Waals surface area contributed by atoms with Gasteiger partial charge in [0.05, 0.1) is 28.8 Å². The lowest BCUT2D eigenvalue weighted by molar-refractivity contribution is 0.0390. The molecule has 0 aromatic heterocycles. The number of nitrogens with two attached hydrogens (primary N) is 1. The van der Waals surface area contributed by atoms with Crippen LogP contribution in [0.1, 0.15) is 0 Å². The van der Waals surface area contributed by atoms with E-state index in [4.69, 9.17) is 22.1 Å². The van der Waals surface area contributed by atoms with Crippen LogP contribution < -0.4 is 10.5 Å². The first kappa shape index (κ1) is 15.5. The van der Waals surface area contributed by atoms with Crippen LogP contribution in [0.2, 0.25) is 5.02 Å². The van der Waals surface area contributed by atoms with Crippen molar-refractivity contribution in [3.8, 4) is 0 Å². The average Bonchev–Trinajstić information content (AvgIpc) is 2.43. The molecule has 1 heterocycles. The minimum absolute atomic E-state index is 0.124. The molecule has 0 bridgehead atoms. The Labute approximate surface area is 123 Å². The lowest BCUT2D eigenvalue weighted by Crippen LogP contribution is -2.41. The molecule has 1 saturated heterocycles. The van der Waals surface area contributed by atoms with Gasteiger partial charge in [-0.1, -0.05) is 11.6 Å². The largest absolute Gasteiger partial charge is 0.398 e. The fraction of sp³-hybridized carbons (Fsp3) is 0.500. The number of nitrogens with one attached hydrogen (secondary N) is 1. The number of rotatable bonds is 5. The lowest BCUT2D eigenvalue weighted by Gasteiger charge is -2.26. The molecular weight excluding hydrogens is 302 g/mol.